The molecule has 0 spiro atoms. The fraction of sp³-hybridized carbons (Fsp3) is 0.333. The van der Waals surface area contributed by atoms with Crippen LogP contribution in [0.5, 0.6) is 0 Å². The molecular weight excluding hydrogens is 364 g/mol. The highest BCUT2D eigenvalue weighted by Gasteiger charge is 2.37. The Morgan fingerprint density at radius 3 is 2.56 bits per heavy atom. The van der Waals surface area contributed by atoms with Crippen LogP contribution in [0.4, 0.5) is 29.1 Å². The lowest BCUT2D eigenvalue weighted by atomic mass is 10.1. The summed E-state index contributed by atoms with van der Waals surface area (Å²) in [4.78, 5) is 1.33. The number of hydrogen-bond acceptors (Lipinski definition) is 5. The van der Waals surface area contributed by atoms with Crippen molar-refractivity contribution in [2.24, 2.45) is 0 Å². The Balaban J connectivity index is 2.18. The predicted octanol–water partition coefficient (Wildman–Crippen LogP) is 3.27. The minimum Gasteiger partial charge on any atom is -0.396 e. The number of aromatic nitrogens is 2. The third-order valence-electron chi connectivity index (χ3n) is 3.48. The second-order valence-corrected chi connectivity index (χ2v) is 5.84. The summed E-state index contributed by atoms with van der Waals surface area (Å²) in [5.41, 5.74) is 6.21. The number of hydrogen-bond donors (Lipinski definition) is 2. The van der Waals surface area contributed by atoms with E-state index in [2.05, 4.69) is 10.2 Å². The van der Waals surface area contributed by atoms with Crippen molar-refractivity contribution in [3.63, 3.8) is 0 Å². The van der Waals surface area contributed by atoms with Gasteiger partial charge in [-0.05, 0) is 30.7 Å². The van der Waals surface area contributed by atoms with E-state index in [1.54, 1.807) is 0 Å². The number of nitrogens with zero attached hydrogens (tertiary/aromatic N) is 3. The zero-order valence-corrected chi connectivity index (χ0v) is 13.8. The average Bonchev–Trinajstić information content (AvgIpc) is 2.53. The van der Waals surface area contributed by atoms with E-state index in [4.69, 9.17) is 22.4 Å². The van der Waals surface area contributed by atoms with E-state index in [1.165, 1.54) is 36.2 Å². The van der Waals surface area contributed by atoms with Crippen LogP contribution in [-0.4, -0.2) is 41.2 Å². The summed E-state index contributed by atoms with van der Waals surface area (Å²) in [6, 6.07) is 5.27. The monoisotopic (exact) mass is 378 g/mol. The normalized spacial score (nSPS) is 12.9. The summed E-state index contributed by atoms with van der Waals surface area (Å²) in [7, 11) is 1.46. The van der Waals surface area contributed by atoms with Crippen molar-refractivity contribution in [2.45, 2.75) is 18.7 Å². The first-order valence-electron chi connectivity index (χ1n) is 7.14. The van der Waals surface area contributed by atoms with Crippen LogP contribution in [0.15, 0.2) is 24.3 Å². The van der Waals surface area contributed by atoms with Gasteiger partial charge in [0.25, 0.3) is 0 Å². The number of halogens is 5. The minimum atomic E-state index is -4.69. The number of alkyl halides is 3. The van der Waals surface area contributed by atoms with Crippen molar-refractivity contribution in [3.05, 3.63) is 35.1 Å². The molecule has 1 unspecified atom stereocenters. The van der Waals surface area contributed by atoms with Gasteiger partial charge in [-0.15, -0.1) is 10.2 Å². The van der Waals surface area contributed by atoms with Crippen LogP contribution in [-0.2, 0) is 0 Å². The van der Waals surface area contributed by atoms with Crippen LogP contribution < -0.4 is 10.6 Å². The van der Waals surface area contributed by atoms with Gasteiger partial charge in [0.05, 0.1) is 11.4 Å². The molecule has 0 aliphatic rings. The first-order valence-corrected chi connectivity index (χ1v) is 7.52. The Bertz CT molecular complexity index is 757. The molecule has 1 aromatic carbocycles. The van der Waals surface area contributed by atoms with E-state index in [1.807, 2.05) is 0 Å². The van der Waals surface area contributed by atoms with Gasteiger partial charge in [-0.1, -0.05) is 11.6 Å². The Morgan fingerprint density at radius 1 is 1.28 bits per heavy atom. The highest BCUT2D eigenvalue weighted by molar-refractivity contribution is 6.30. The highest BCUT2D eigenvalue weighted by atomic mass is 35.5. The number of aliphatic hydroxyl groups is 1. The van der Waals surface area contributed by atoms with Crippen molar-refractivity contribution in [2.75, 3.05) is 24.2 Å². The molecular formula is C15H15ClF4N4O. The molecule has 25 heavy (non-hydrogen) atoms. The zero-order chi connectivity index (χ0) is 18.8. The second kappa shape index (κ2) is 7.40. The van der Waals surface area contributed by atoms with Crippen LogP contribution in [0, 0.1) is 5.82 Å². The Kier molecular flexibility index (Phi) is 5.69. The SMILES string of the molecule is CN(CCC(O)C(F)(F)F)c1nnc(-c2cc(Cl)ccc2F)cc1N. The van der Waals surface area contributed by atoms with Gasteiger partial charge < -0.3 is 15.7 Å². The number of nitrogens with two attached hydrogens (primary N) is 1. The summed E-state index contributed by atoms with van der Waals surface area (Å²) in [5, 5.41) is 17.0. The number of anilines is 2. The molecule has 0 aliphatic heterocycles. The predicted molar refractivity (Wildman–Crippen MR) is 86.8 cm³/mol. The van der Waals surface area contributed by atoms with Crippen LogP contribution in [0.3, 0.4) is 0 Å². The Hall–Kier alpha value is -2.13. The van der Waals surface area contributed by atoms with Gasteiger partial charge in [0.15, 0.2) is 11.9 Å². The van der Waals surface area contributed by atoms with Crippen molar-refractivity contribution in [3.8, 4) is 11.3 Å². The summed E-state index contributed by atoms with van der Waals surface area (Å²) in [6.45, 7) is -0.148. The maximum atomic E-state index is 13.9. The molecule has 10 heteroatoms. The van der Waals surface area contributed by atoms with E-state index in [-0.39, 0.29) is 29.3 Å². The van der Waals surface area contributed by atoms with E-state index in [0.29, 0.717) is 5.02 Å². The number of aliphatic hydroxyl groups excluding tert-OH is 1. The molecule has 3 N–H and O–H groups in total. The quantitative estimate of drug-likeness (QED) is 0.781. The van der Waals surface area contributed by atoms with Gasteiger partial charge in [-0.2, -0.15) is 13.2 Å². The number of rotatable bonds is 5. The van der Waals surface area contributed by atoms with Crippen LogP contribution >= 0.6 is 11.6 Å². The molecule has 0 radical (unpaired) electrons. The molecule has 0 amide bonds. The lowest BCUT2D eigenvalue weighted by molar-refractivity contribution is -0.204. The summed E-state index contributed by atoms with van der Waals surface area (Å²) in [5.74, 6) is -0.437. The van der Waals surface area contributed by atoms with Crippen molar-refractivity contribution in [1.29, 1.82) is 0 Å². The zero-order valence-electron chi connectivity index (χ0n) is 13.1. The molecule has 0 saturated carbocycles. The van der Waals surface area contributed by atoms with Gasteiger partial charge >= 0.3 is 6.18 Å². The largest absolute Gasteiger partial charge is 0.414 e. The van der Waals surface area contributed by atoms with Gasteiger partial charge in [-0.25, -0.2) is 4.39 Å². The molecule has 0 saturated heterocycles. The van der Waals surface area contributed by atoms with Gasteiger partial charge in [0.2, 0.25) is 0 Å². The molecule has 1 aromatic heterocycles. The standard InChI is InChI=1S/C15H15ClF4N4O/c1-24(5-4-13(25)15(18,19)20)14-11(21)7-12(22-23-14)9-6-8(16)2-3-10(9)17/h2-3,6-7,13,25H,4-5H2,1H3,(H2,21,22). The third-order valence-corrected chi connectivity index (χ3v) is 3.72. The van der Waals surface area contributed by atoms with Gasteiger partial charge in [0, 0.05) is 24.2 Å². The highest BCUT2D eigenvalue weighted by Crippen LogP contribution is 2.29. The van der Waals surface area contributed by atoms with Crippen molar-refractivity contribution < 1.29 is 22.7 Å². The Labute approximate surface area is 146 Å². The van der Waals surface area contributed by atoms with Crippen LogP contribution in [0.25, 0.3) is 11.3 Å². The summed E-state index contributed by atoms with van der Waals surface area (Å²) >= 11 is 5.83. The molecule has 0 fully saturated rings. The number of benzene rings is 1. The molecule has 0 bridgehead atoms. The van der Waals surface area contributed by atoms with Gasteiger partial charge in [0.1, 0.15) is 5.82 Å². The average molecular weight is 379 g/mol. The molecule has 5 nitrogen and oxygen atoms in total. The third kappa shape index (κ3) is 4.70. The first-order chi connectivity index (χ1) is 11.6. The summed E-state index contributed by atoms with van der Waals surface area (Å²) < 4.78 is 50.8. The van der Waals surface area contributed by atoms with Crippen LogP contribution in [0.2, 0.25) is 5.02 Å². The first kappa shape index (κ1) is 19.2. The maximum absolute atomic E-state index is 13.9. The van der Waals surface area contributed by atoms with E-state index < -0.39 is 24.5 Å². The fourth-order valence-electron chi connectivity index (χ4n) is 2.11. The second-order valence-electron chi connectivity index (χ2n) is 5.40. The van der Waals surface area contributed by atoms with E-state index >= 15 is 0 Å². The Morgan fingerprint density at radius 2 is 1.96 bits per heavy atom. The number of nitrogen functional groups attached to an aromatic ring is 1. The topological polar surface area (TPSA) is 75.3 Å². The fourth-order valence-corrected chi connectivity index (χ4v) is 2.28. The van der Waals surface area contributed by atoms with Crippen molar-refractivity contribution in [1.82, 2.24) is 10.2 Å². The molecule has 2 rings (SSSR count). The minimum absolute atomic E-state index is 0.105. The van der Waals surface area contributed by atoms with Gasteiger partial charge in [-0.3, -0.25) is 0 Å². The molecule has 1 heterocycles. The van der Waals surface area contributed by atoms with E-state index in [0.717, 1.165) is 0 Å². The maximum Gasteiger partial charge on any atom is 0.414 e. The van der Waals surface area contributed by atoms with Crippen molar-refractivity contribution >= 4 is 23.1 Å². The lowest BCUT2D eigenvalue weighted by Crippen LogP contribution is -2.33. The molecule has 1 atom stereocenters. The smallest absolute Gasteiger partial charge is 0.396 e. The molecule has 0 aliphatic carbocycles. The molecule has 2 aromatic rings. The van der Waals surface area contributed by atoms with E-state index in [9.17, 15) is 17.6 Å². The molecule has 136 valence electrons. The summed E-state index contributed by atoms with van der Waals surface area (Å²) in [6.07, 6.45) is -7.68. The lowest BCUT2D eigenvalue weighted by Gasteiger charge is -2.22. The van der Waals surface area contributed by atoms with Crippen LogP contribution in [0.1, 0.15) is 6.42 Å².